The van der Waals surface area contributed by atoms with Crippen LogP contribution in [-0.2, 0) is 0 Å². The second-order valence-corrected chi connectivity index (χ2v) is 8.59. The van der Waals surface area contributed by atoms with E-state index in [2.05, 4.69) is 9.69 Å². The van der Waals surface area contributed by atoms with Gasteiger partial charge in [-0.1, -0.05) is 18.2 Å². The summed E-state index contributed by atoms with van der Waals surface area (Å²) in [6.45, 7) is 14.1. The molecule has 7 nitrogen and oxygen atoms in total. The van der Waals surface area contributed by atoms with Gasteiger partial charge in [-0.25, -0.2) is 20.2 Å². The molecule has 5 rings (SSSR count). The highest BCUT2D eigenvalue weighted by atomic mass is 32.1. The minimum Gasteiger partial charge on any atom is -0.456 e. The fraction of sp³-hybridized carbons (Fsp3) is 0. The van der Waals surface area contributed by atoms with Crippen molar-refractivity contribution in [1.82, 2.24) is 4.57 Å². The summed E-state index contributed by atoms with van der Waals surface area (Å²) in [4.78, 5) is 7.16. The number of furan rings is 2. The van der Waals surface area contributed by atoms with E-state index in [1.54, 1.807) is 18.2 Å². The van der Waals surface area contributed by atoms with Gasteiger partial charge in [-0.05, 0) is 54.6 Å². The summed E-state index contributed by atoms with van der Waals surface area (Å²) >= 11 is 1.44. The van der Waals surface area contributed by atoms with Crippen molar-refractivity contribution in [1.29, 1.82) is 10.5 Å². The summed E-state index contributed by atoms with van der Waals surface area (Å²) in [5.74, 6) is 1.64. The predicted molar refractivity (Wildman–Crippen MR) is 137 cm³/mol. The van der Waals surface area contributed by atoms with Crippen molar-refractivity contribution in [3.05, 3.63) is 112 Å². The monoisotopic (exact) mass is 483 g/mol. The summed E-state index contributed by atoms with van der Waals surface area (Å²) in [5.41, 5.74) is 3.11. The van der Waals surface area contributed by atoms with E-state index in [1.807, 2.05) is 71.3 Å². The molecule has 0 fully saturated rings. The van der Waals surface area contributed by atoms with Crippen LogP contribution in [0, 0.1) is 35.8 Å². The smallest absolute Gasteiger partial charge is 0.265 e. The number of rotatable bonds is 5. The van der Waals surface area contributed by atoms with Crippen LogP contribution in [0.1, 0.15) is 10.6 Å². The molecule has 0 bridgehead atoms. The second kappa shape index (κ2) is 9.37. The number of nitrogens with zero attached hydrogens (tertiary/aromatic N) is 5. The summed E-state index contributed by atoms with van der Waals surface area (Å²) in [7, 11) is 0. The summed E-state index contributed by atoms with van der Waals surface area (Å²) in [6.07, 6.45) is 2.96. The van der Waals surface area contributed by atoms with Crippen molar-refractivity contribution in [2.45, 2.75) is 0 Å². The second-order valence-electron chi connectivity index (χ2n) is 7.47. The first kappa shape index (κ1) is 22.3. The Bertz CT molecular complexity index is 1770. The standard InChI is InChI=1S/C28H13N5O2S/c1-31-18(16-29)12-21-8-11-25(34-21)23-9-10-24(33(23)20-6-4-3-5-7-20)26-15-28-27(35-26)14-22(36-28)13-19(17-30)32-2/h3-15H/b18-12+,19-13-. The molecule has 0 aliphatic heterocycles. The Hall–Kier alpha value is -5.54. The molecule has 5 aromatic rings. The lowest BCUT2D eigenvalue weighted by molar-refractivity contribution is 0.568. The van der Waals surface area contributed by atoms with Crippen LogP contribution in [0.3, 0.4) is 0 Å². The molecule has 168 valence electrons. The number of benzene rings is 1. The molecule has 0 amide bonds. The molecule has 0 spiro atoms. The maximum Gasteiger partial charge on any atom is 0.265 e. The lowest BCUT2D eigenvalue weighted by atomic mass is 10.2. The van der Waals surface area contributed by atoms with Gasteiger partial charge >= 0.3 is 0 Å². The maximum atomic E-state index is 9.04. The number of fused-ring (bicyclic) bond motifs is 1. The molecule has 0 atom stereocenters. The number of allylic oxidation sites excluding steroid dienone is 2. The maximum absolute atomic E-state index is 9.04. The number of aromatic nitrogens is 1. The van der Waals surface area contributed by atoms with Crippen molar-refractivity contribution in [2.75, 3.05) is 0 Å². The van der Waals surface area contributed by atoms with Crippen LogP contribution in [0.15, 0.2) is 87.0 Å². The quantitative estimate of drug-likeness (QED) is 0.189. The molecule has 4 heterocycles. The summed E-state index contributed by atoms with van der Waals surface area (Å²) < 4.78 is 15.0. The van der Waals surface area contributed by atoms with Crippen molar-refractivity contribution in [3.8, 4) is 40.7 Å². The van der Waals surface area contributed by atoms with E-state index in [0.29, 0.717) is 22.9 Å². The number of hydrogen-bond acceptors (Lipinski definition) is 5. The molecule has 0 aliphatic carbocycles. The molecule has 0 unspecified atom stereocenters. The number of nitriles is 2. The Morgan fingerprint density at radius 2 is 1.53 bits per heavy atom. The molecule has 8 heteroatoms. The fourth-order valence-electron chi connectivity index (χ4n) is 3.75. The van der Waals surface area contributed by atoms with Crippen molar-refractivity contribution < 1.29 is 8.83 Å². The van der Waals surface area contributed by atoms with Crippen molar-refractivity contribution in [2.24, 2.45) is 0 Å². The van der Waals surface area contributed by atoms with E-state index >= 15 is 0 Å². The number of para-hydroxylation sites is 1. The van der Waals surface area contributed by atoms with Crippen LogP contribution in [0.4, 0.5) is 0 Å². The highest BCUT2D eigenvalue weighted by Crippen LogP contribution is 2.38. The molecular weight excluding hydrogens is 470 g/mol. The molecule has 0 saturated carbocycles. The van der Waals surface area contributed by atoms with Gasteiger partial charge in [0, 0.05) is 16.6 Å². The minimum atomic E-state index is -0.0572. The molecule has 4 aromatic heterocycles. The van der Waals surface area contributed by atoms with Gasteiger partial charge in [-0.3, -0.25) is 0 Å². The average molecular weight is 484 g/mol. The Labute approximate surface area is 209 Å². The van der Waals surface area contributed by atoms with Gasteiger partial charge in [0.05, 0.1) is 41.4 Å². The SMILES string of the molecule is [C-]#[N+]/C(C#N)=C\c1cc2oc(-c3ccc(-c4ccc(/C=C(\C#N)[N+]#[C-])o4)n3-c3ccccc3)cc2s1. The molecule has 0 radical (unpaired) electrons. The van der Waals surface area contributed by atoms with Gasteiger partial charge in [0.1, 0.15) is 11.3 Å². The zero-order valence-electron chi connectivity index (χ0n) is 18.5. The van der Waals surface area contributed by atoms with Gasteiger partial charge in [0.2, 0.25) is 0 Å². The van der Waals surface area contributed by atoms with Crippen molar-refractivity contribution >= 4 is 33.8 Å². The van der Waals surface area contributed by atoms with E-state index in [9.17, 15) is 0 Å². The number of hydrogen-bond donors (Lipinski definition) is 0. The number of thiophene rings is 1. The first-order valence-electron chi connectivity index (χ1n) is 10.5. The third-order valence-corrected chi connectivity index (χ3v) is 6.29. The van der Waals surface area contributed by atoms with Crippen LogP contribution in [0.25, 0.3) is 60.7 Å². The third-order valence-electron chi connectivity index (χ3n) is 5.28. The Morgan fingerprint density at radius 1 is 0.833 bits per heavy atom. The Balaban J connectivity index is 1.61. The molecule has 0 N–H and O–H groups in total. The van der Waals surface area contributed by atoms with Gasteiger partial charge < -0.3 is 13.4 Å². The Morgan fingerprint density at radius 3 is 2.19 bits per heavy atom. The van der Waals surface area contributed by atoms with Crippen LogP contribution in [-0.4, -0.2) is 4.57 Å². The highest BCUT2D eigenvalue weighted by Gasteiger charge is 2.19. The lowest BCUT2D eigenvalue weighted by Crippen LogP contribution is -1.98. The van der Waals surface area contributed by atoms with Gasteiger partial charge in [-0.15, -0.1) is 11.3 Å². The third kappa shape index (κ3) is 4.09. The molecule has 0 aliphatic rings. The fourth-order valence-corrected chi connectivity index (χ4v) is 4.70. The summed E-state index contributed by atoms with van der Waals surface area (Å²) in [6, 6.07) is 24.6. The van der Waals surface area contributed by atoms with E-state index in [1.165, 1.54) is 17.4 Å². The minimum absolute atomic E-state index is 0.0210. The molecular formula is C28H13N5O2S. The average Bonchev–Trinajstić information content (AvgIpc) is 3.68. The van der Waals surface area contributed by atoms with Gasteiger partial charge in [0.25, 0.3) is 11.4 Å². The van der Waals surface area contributed by atoms with Gasteiger partial charge in [-0.2, -0.15) is 0 Å². The molecule has 0 saturated heterocycles. The normalized spacial score (nSPS) is 11.6. The van der Waals surface area contributed by atoms with E-state index in [4.69, 9.17) is 32.5 Å². The highest BCUT2D eigenvalue weighted by molar-refractivity contribution is 7.19. The molecule has 36 heavy (non-hydrogen) atoms. The molecule has 1 aromatic carbocycles. The zero-order valence-corrected chi connectivity index (χ0v) is 19.3. The van der Waals surface area contributed by atoms with Crippen LogP contribution in [0.2, 0.25) is 0 Å². The Kier molecular flexibility index (Phi) is 5.80. The lowest BCUT2D eigenvalue weighted by Gasteiger charge is -2.11. The first-order chi connectivity index (χ1) is 17.6. The van der Waals surface area contributed by atoms with E-state index in [0.717, 1.165) is 26.7 Å². The largest absolute Gasteiger partial charge is 0.456 e. The van der Waals surface area contributed by atoms with Crippen LogP contribution >= 0.6 is 11.3 Å². The van der Waals surface area contributed by atoms with Crippen LogP contribution < -0.4 is 0 Å². The van der Waals surface area contributed by atoms with Gasteiger partial charge in [0.15, 0.2) is 11.5 Å². The van der Waals surface area contributed by atoms with E-state index in [-0.39, 0.29) is 11.4 Å². The van der Waals surface area contributed by atoms with Crippen LogP contribution in [0.5, 0.6) is 0 Å². The summed E-state index contributed by atoms with van der Waals surface area (Å²) in [5, 5.41) is 18.1. The topological polar surface area (TPSA) is 87.5 Å². The first-order valence-corrected chi connectivity index (χ1v) is 11.3. The van der Waals surface area contributed by atoms with Crippen molar-refractivity contribution in [3.63, 3.8) is 0 Å². The zero-order chi connectivity index (χ0) is 25.1. The van der Waals surface area contributed by atoms with E-state index < -0.39 is 0 Å². The predicted octanol–water partition coefficient (Wildman–Crippen LogP) is 7.78.